The molecule has 8 heteroatoms. The second-order valence-corrected chi connectivity index (χ2v) is 8.83. The Kier molecular flexibility index (Phi) is 8.92. The molecule has 0 saturated carbocycles. The summed E-state index contributed by atoms with van der Waals surface area (Å²) in [5.74, 6) is 1.66. The minimum absolute atomic E-state index is 0.370. The van der Waals surface area contributed by atoms with Crippen molar-refractivity contribution in [1.82, 2.24) is 15.6 Å². The van der Waals surface area contributed by atoms with Crippen LogP contribution in [0.3, 0.4) is 0 Å². The van der Waals surface area contributed by atoms with E-state index < -0.39 is 9.84 Å². The molecule has 0 aliphatic rings. The number of hydrogen-bond donors (Lipinski definition) is 3. The second kappa shape index (κ2) is 11.4. The van der Waals surface area contributed by atoms with Gasteiger partial charge in [0.1, 0.15) is 5.82 Å². The van der Waals surface area contributed by atoms with Crippen LogP contribution >= 0.6 is 0 Å². The van der Waals surface area contributed by atoms with Crippen LogP contribution in [0.2, 0.25) is 0 Å². The van der Waals surface area contributed by atoms with Crippen LogP contribution in [-0.4, -0.2) is 45.3 Å². The number of pyridine rings is 1. The summed E-state index contributed by atoms with van der Waals surface area (Å²) in [5, 5.41) is 9.87. The van der Waals surface area contributed by atoms with Crippen molar-refractivity contribution >= 4 is 21.6 Å². The van der Waals surface area contributed by atoms with E-state index in [0.717, 1.165) is 55.4 Å². The van der Waals surface area contributed by atoms with E-state index in [4.69, 9.17) is 0 Å². The summed E-state index contributed by atoms with van der Waals surface area (Å²) in [7, 11) is -3.20. The zero-order chi connectivity index (χ0) is 21.1. The Labute approximate surface area is 174 Å². The van der Waals surface area contributed by atoms with E-state index in [-0.39, 0.29) is 0 Å². The molecule has 0 fully saturated rings. The third kappa shape index (κ3) is 8.11. The third-order valence-corrected chi connectivity index (χ3v) is 5.53. The number of aryl methyl sites for hydroxylation is 1. The van der Waals surface area contributed by atoms with Gasteiger partial charge in [-0.1, -0.05) is 18.2 Å². The molecule has 2 aromatic rings. The molecule has 0 unspecified atom stereocenters. The van der Waals surface area contributed by atoms with E-state index in [0.29, 0.717) is 11.4 Å². The number of sulfone groups is 1. The summed E-state index contributed by atoms with van der Waals surface area (Å²) >= 11 is 0. The summed E-state index contributed by atoms with van der Waals surface area (Å²) < 4.78 is 23.5. The topological polar surface area (TPSA) is 95.5 Å². The fourth-order valence-corrected chi connectivity index (χ4v) is 3.84. The van der Waals surface area contributed by atoms with Gasteiger partial charge in [-0.15, -0.1) is 0 Å². The SMILES string of the molecule is CCNC(=NCc1ccc(S(C)(=O)=O)c(C)c1)NCCCCNc1ccccn1. The van der Waals surface area contributed by atoms with Crippen molar-refractivity contribution in [3.63, 3.8) is 0 Å². The summed E-state index contributed by atoms with van der Waals surface area (Å²) in [6.45, 7) is 6.80. The van der Waals surface area contributed by atoms with E-state index >= 15 is 0 Å². The molecular formula is C21H31N5O2S. The minimum Gasteiger partial charge on any atom is -0.370 e. The monoisotopic (exact) mass is 417 g/mol. The number of benzene rings is 1. The van der Waals surface area contributed by atoms with E-state index in [2.05, 4.69) is 25.9 Å². The normalized spacial score (nSPS) is 11.9. The highest BCUT2D eigenvalue weighted by Gasteiger charge is 2.10. The van der Waals surface area contributed by atoms with E-state index in [1.54, 1.807) is 12.3 Å². The number of nitrogens with zero attached hydrogens (tertiary/aromatic N) is 2. The Balaban J connectivity index is 1.79. The predicted molar refractivity (Wildman–Crippen MR) is 119 cm³/mol. The van der Waals surface area contributed by atoms with E-state index in [1.807, 2.05) is 44.2 Å². The molecule has 1 aromatic carbocycles. The number of aliphatic imine (C=N–C) groups is 1. The van der Waals surface area contributed by atoms with Gasteiger partial charge in [0.05, 0.1) is 11.4 Å². The lowest BCUT2D eigenvalue weighted by Gasteiger charge is -2.12. The number of aromatic nitrogens is 1. The van der Waals surface area contributed by atoms with E-state index in [9.17, 15) is 8.42 Å². The van der Waals surface area contributed by atoms with Gasteiger partial charge < -0.3 is 16.0 Å². The van der Waals surface area contributed by atoms with Crippen LogP contribution in [-0.2, 0) is 16.4 Å². The number of rotatable bonds is 10. The Hall–Kier alpha value is -2.61. The molecule has 158 valence electrons. The predicted octanol–water partition coefficient (Wildman–Crippen LogP) is 2.74. The number of unbranched alkanes of at least 4 members (excludes halogenated alkanes) is 1. The van der Waals surface area contributed by atoms with Crippen molar-refractivity contribution in [2.24, 2.45) is 4.99 Å². The highest BCUT2D eigenvalue weighted by Crippen LogP contribution is 2.17. The molecule has 0 radical (unpaired) electrons. The first-order valence-corrected chi connectivity index (χ1v) is 11.8. The number of hydrogen-bond acceptors (Lipinski definition) is 5. The molecule has 3 N–H and O–H groups in total. The fourth-order valence-electron chi connectivity index (χ4n) is 2.88. The van der Waals surface area contributed by atoms with Gasteiger partial charge in [-0.3, -0.25) is 0 Å². The van der Waals surface area contributed by atoms with Gasteiger partial charge >= 0.3 is 0 Å². The van der Waals surface area contributed by atoms with Gasteiger partial charge in [0.15, 0.2) is 15.8 Å². The first kappa shape index (κ1) is 22.7. The van der Waals surface area contributed by atoms with Gasteiger partial charge in [-0.2, -0.15) is 0 Å². The average Bonchev–Trinajstić information content (AvgIpc) is 2.68. The first-order chi connectivity index (χ1) is 13.9. The molecule has 0 aliphatic heterocycles. The molecule has 0 saturated heterocycles. The Morgan fingerprint density at radius 3 is 2.55 bits per heavy atom. The van der Waals surface area contributed by atoms with Gasteiger partial charge in [0, 0.05) is 32.1 Å². The molecule has 7 nitrogen and oxygen atoms in total. The van der Waals surface area contributed by atoms with Gasteiger partial charge in [0.25, 0.3) is 0 Å². The third-order valence-electron chi connectivity index (χ3n) is 4.27. The molecule has 1 aromatic heterocycles. The number of anilines is 1. The van der Waals surface area contributed by atoms with Crippen molar-refractivity contribution < 1.29 is 8.42 Å². The van der Waals surface area contributed by atoms with Gasteiger partial charge in [-0.05, 0) is 56.0 Å². The molecule has 29 heavy (non-hydrogen) atoms. The lowest BCUT2D eigenvalue weighted by Crippen LogP contribution is -2.37. The maximum absolute atomic E-state index is 11.7. The van der Waals surface area contributed by atoms with Gasteiger partial charge in [0.2, 0.25) is 0 Å². The number of guanidine groups is 1. The van der Waals surface area contributed by atoms with Crippen molar-refractivity contribution in [3.8, 4) is 0 Å². The van der Waals surface area contributed by atoms with Crippen LogP contribution in [0.15, 0.2) is 52.5 Å². The molecule has 2 rings (SSSR count). The summed E-state index contributed by atoms with van der Waals surface area (Å²) in [6.07, 6.45) is 5.03. The zero-order valence-electron chi connectivity index (χ0n) is 17.4. The lowest BCUT2D eigenvalue weighted by atomic mass is 10.1. The highest BCUT2D eigenvalue weighted by molar-refractivity contribution is 7.90. The van der Waals surface area contributed by atoms with Crippen LogP contribution in [0, 0.1) is 6.92 Å². The molecule has 0 bridgehead atoms. The lowest BCUT2D eigenvalue weighted by molar-refractivity contribution is 0.601. The smallest absolute Gasteiger partial charge is 0.191 e. The highest BCUT2D eigenvalue weighted by atomic mass is 32.2. The van der Waals surface area contributed by atoms with Crippen molar-refractivity contribution in [2.75, 3.05) is 31.2 Å². The van der Waals surface area contributed by atoms with Crippen LogP contribution in [0.4, 0.5) is 5.82 Å². The molecule has 0 amide bonds. The zero-order valence-corrected chi connectivity index (χ0v) is 18.2. The van der Waals surface area contributed by atoms with Crippen LogP contribution in [0.1, 0.15) is 30.9 Å². The largest absolute Gasteiger partial charge is 0.370 e. The maximum Gasteiger partial charge on any atom is 0.191 e. The first-order valence-electron chi connectivity index (χ1n) is 9.87. The summed E-state index contributed by atoms with van der Waals surface area (Å²) in [4.78, 5) is 9.21. The van der Waals surface area contributed by atoms with Gasteiger partial charge in [-0.25, -0.2) is 18.4 Å². The average molecular weight is 418 g/mol. The second-order valence-electron chi connectivity index (χ2n) is 6.84. The van der Waals surface area contributed by atoms with Crippen molar-refractivity contribution in [3.05, 3.63) is 53.7 Å². The fraction of sp³-hybridized carbons (Fsp3) is 0.429. The Morgan fingerprint density at radius 1 is 1.10 bits per heavy atom. The van der Waals surface area contributed by atoms with E-state index in [1.165, 1.54) is 6.26 Å². The number of nitrogens with one attached hydrogen (secondary N) is 3. The molecule has 0 aliphatic carbocycles. The van der Waals surface area contributed by atoms with Crippen molar-refractivity contribution in [2.45, 2.75) is 38.1 Å². The van der Waals surface area contributed by atoms with Crippen LogP contribution < -0.4 is 16.0 Å². The summed E-state index contributed by atoms with van der Waals surface area (Å²) in [5.41, 5.74) is 1.73. The molecule has 0 atom stereocenters. The van der Waals surface area contributed by atoms with Crippen LogP contribution in [0.5, 0.6) is 0 Å². The Morgan fingerprint density at radius 2 is 1.90 bits per heavy atom. The maximum atomic E-state index is 11.7. The summed E-state index contributed by atoms with van der Waals surface area (Å²) in [6, 6.07) is 11.2. The van der Waals surface area contributed by atoms with Crippen LogP contribution in [0.25, 0.3) is 0 Å². The molecular weight excluding hydrogens is 386 g/mol. The quantitative estimate of drug-likeness (QED) is 0.313. The molecule has 1 heterocycles. The standard InChI is InChI=1S/C21H31N5O2S/c1-4-22-21(25-14-8-7-13-24-20-9-5-6-12-23-20)26-16-18-10-11-19(17(2)15-18)29(3,27)28/h5-6,9-12,15H,4,7-8,13-14,16H2,1-3H3,(H,23,24)(H2,22,25,26). The molecule has 0 spiro atoms. The Bertz CT molecular complexity index is 899. The minimum atomic E-state index is -3.20. The van der Waals surface area contributed by atoms with Crippen molar-refractivity contribution in [1.29, 1.82) is 0 Å².